The van der Waals surface area contributed by atoms with Crippen molar-refractivity contribution in [3.63, 3.8) is 0 Å². The van der Waals surface area contributed by atoms with E-state index in [0.29, 0.717) is 5.82 Å². The molecule has 1 heterocycles. The van der Waals surface area contributed by atoms with Gasteiger partial charge in [0.15, 0.2) is 0 Å². The van der Waals surface area contributed by atoms with E-state index in [-0.39, 0.29) is 5.92 Å². The largest absolute Gasteiger partial charge is 0.312 e. The van der Waals surface area contributed by atoms with Crippen LogP contribution >= 0.6 is 0 Å². The minimum atomic E-state index is -0.765. The molecule has 0 amide bonds. The Morgan fingerprint density at radius 2 is 2.10 bits per heavy atom. The fourth-order valence-corrected chi connectivity index (χ4v) is 0.520. The van der Waals surface area contributed by atoms with Crippen LogP contribution in [-0.4, -0.2) is 15.0 Å². The van der Waals surface area contributed by atoms with Crippen LogP contribution in [0.25, 0.3) is 0 Å². The van der Waals surface area contributed by atoms with E-state index in [0.717, 1.165) is 0 Å². The van der Waals surface area contributed by atoms with Gasteiger partial charge in [0.05, 0.1) is 0 Å². The quantitative estimate of drug-likeness (QED) is 0.582. The predicted molar refractivity (Wildman–Crippen MR) is 32.7 cm³/mol. The van der Waals surface area contributed by atoms with Crippen molar-refractivity contribution in [2.24, 2.45) is 0 Å². The summed E-state index contributed by atoms with van der Waals surface area (Å²) in [6.45, 7) is 3.76. The zero-order chi connectivity index (χ0) is 7.56. The molecule has 0 saturated carbocycles. The Hall–Kier alpha value is -1.06. The molecule has 0 saturated heterocycles. The van der Waals surface area contributed by atoms with E-state index in [1.165, 1.54) is 0 Å². The van der Waals surface area contributed by atoms with Crippen molar-refractivity contribution in [1.82, 2.24) is 15.0 Å². The van der Waals surface area contributed by atoms with Crippen LogP contribution in [0.15, 0.2) is 0 Å². The average molecular weight is 140 g/mol. The molecule has 0 N–H and O–H groups in total. The Labute approximate surface area is 58.4 Å². The summed E-state index contributed by atoms with van der Waals surface area (Å²) in [5, 5.41) is 0. The molecule has 0 fully saturated rings. The second-order valence-electron chi connectivity index (χ2n) is 2.22. The second-order valence-corrected chi connectivity index (χ2v) is 2.22. The number of hydrogen-bond acceptors (Lipinski definition) is 3. The van der Waals surface area contributed by atoms with Crippen molar-refractivity contribution < 1.29 is 4.39 Å². The summed E-state index contributed by atoms with van der Waals surface area (Å²) in [5.74, 6) is 0.557. The minimum Gasteiger partial charge on any atom is -0.210 e. The molecule has 0 aliphatic rings. The van der Waals surface area contributed by atoms with Gasteiger partial charge >= 0.3 is 6.08 Å². The van der Waals surface area contributed by atoms with Crippen molar-refractivity contribution >= 4 is 0 Å². The van der Waals surface area contributed by atoms with E-state index in [1.54, 1.807) is 0 Å². The van der Waals surface area contributed by atoms with Crippen LogP contribution < -0.4 is 0 Å². The van der Waals surface area contributed by atoms with Crippen LogP contribution in [0.3, 0.4) is 0 Å². The highest BCUT2D eigenvalue weighted by molar-refractivity contribution is 4.88. The summed E-state index contributed by atoms with van der Waals surface area (Å²) in [7, 11) is 0. The molecule has 1 aromatic rings. The van der Waals surface area contributed by atoms with Crippen LogP contribution in [0.1, 0.15) is 25.6 Å². The molecule has 1 aromatic heterocycles. The average Bonchev–Trinajstić information content (AvgIpc) is 1.88. The lowest BCUT2D eigenvalue weighted by Crippen LogP contribution is -2.01. The molecule has 3 nitrogen and oxygen atoms in total. The van der Waals surface area contributed by atoms with Gasteiger partial charge in [0, 0.05) is 5.92 Å². The summed E-state index contributed by atoms with van der Waals surface area (Å²) in [5.41, 5.74) is 0. The molecule has 0 aromatic carbocycles. The zero-order valence-corrected chi connectivity index (χ0v) is 5.80. The lowest BCUT2D eigenvalue weighted by molar-refractivity contribution is 0.515. The summed E-state index contributed by atoms with van der Waals surface area (Å²) in [6.07, 6.45) is 1.41. The highest BCUT2D eigenvalue weighted by Gasteiger charge is 2.03. The van der Waals surface area contributed by atoms with Gasteiger partial charge in [0.25, 0.3) is 0 Å². The van der Waals surface area contributed by atoms with Crippen LogP contribution in [-0.2, 0) is 0 Å². The molecule has 0 bridgehead atoms. The molecular formula is C6H7FN3. The van der Waals surface area contributed by atoms with E-state index in [9.17, 15) is 4.39 Å². The van der Waals surface area contributed by atoms with Gasteiger partial charge in [-0.05, 0) is 0 Å². The number of nitrogens with zero attached hydrogens (tertiary/aromatic N) is 3. The fraction of sp³-hybridized carbons (Fsp3) is 0.500. The normalized spacial score (nSPS) is 10.4. The SMILES string of the molecule is CC(C)c1n[c]nc(F)n1. The molecule has 53 valence electrons. The number of rotatable bonds is 1. The Bertz CT molecular complexity index is 224. The Kier molecular flexibility index (Phi) is 1.89. The molecule has 4 heteroatoms. The Balaban J connectivity index is 2.96. The van der Waals surface area contributed by atoms with Crippen LogP contribution in [0.2, 0.25) is 0 Å². The molecule has 0 aliphatic heterocycles. The highest BCUT2D eigenvalue weighted by Crippen LogP contribution is 2.05. The van der Waals surface area contributed by atoms with Gasteiger partial charge in [0.1, 0.15) is 5.82 Å². The lowest BCUT2D eigenvalue weighted by Gasteiger charge is -1.98. The minimum absolute atomic E-state index is 0.119. The fourth-order valence-electron chi connectivity index (χ4n) is 0.520. The van der Waals surface area contributed by atoms with Gasteiger partial charge < -0.3 is 0 Å². The maximum Gasteiger partial charge on any atom is 0.312 e. The summed E-state index contributed by atoms with van der Waals surface area (Å²) >= 11 is 0. The molecule has 10 heavy (non-hydrogen) atoms. The Morgan fingerprint density at radius 1 is 1.40 bits per heavy atom. The van der Waals surface area contributed by atoms with Crippen LogP contribution in [0.5, 0.6) is 0 Å². The Morgan fingerprint density at radius 3 is 2.50 bits per heavy atom. The van der Waals surface area contributed by atoms with Gasteiger partial charge in [-0.15, -0.1) is 0 Å². The van der Waals surface area contributed by atoms with Crippen LogP contribution in [0, 0.1) is 12.4 Å². The zero-order valence-electron chi connectivity index (χ0n) is 5.80. The first-order valence-electron chi connectivity index (χ1n) is 2.97. The first kappa shape index (κ1) is 7.05. The first-order valence-corrected chi connectivity index (χ1v) is 2.97. The molecule has 1 radical (unpaired) electrons. The third-order valence-electron chi connectivity index (χ3n) is 1.03. The smallest absolute Gasteiger partial charge is 0.210 e. The topological polar surface area (TPSA) is 38.7 Å². The van der Waals surface area contributed by atoms with E-state index in [1.807, 2.05) is 13.8 Å². The van der Waals surface area contributed by atoms with E-state index < -0.39 is 6.08 Å². The summed E-state index contributed by atoms with van der Waals surface area (Å²) in [6, 6.07) is 0. The third-order valence-corrected chi connectivity index (χ3v) is 1.03. The van der Waals surface area contributed by atoms with Crippen molar-refractivity contribution in [2.75, 3.05) is 0 Å². The monoisotopic (exact) mass is 140 g/mol. The van der Waals surface area contributed by atoms with Crippen molar-refractivity contribution in [1.29, 1.82) is 0 Å². The van der Waals surface area contributed by atoms with Crippen molar-refractivity contribution in [2.45, 2.75) is 19.8 Å². The van der Waals surface area contributed by atoms with Gasteiger partial charge in [-0.2, -0.15) is 14.4 Å². The molecule has 1 rings (SSSR count). The van der Waals surface area contributed by atoms with Crippen molar-refractivity contribution in [3.8, 4) is 0 Å². The highest BCUT2D eigenvalue weighted by atomic mass is 19.1. The third kappa shape index (κ3) is 1.46. The maximum absolute atomic E-state index is 12.2. The predicted octanol–water partition coefficient (Wildman–Crippen LogP) is 0.934. The van der Waals surface area contributed by atoms with Gasteiger partial charge in [0.2, 0.25) is 6.33 Å². The number of aromatic nitrogens is 3. The molecule has 0 unspecified atom stereocenters. The van der Waals surface area contributed by atoms with Crippen LogP contribution in [0.4, 0.5) is 4.39 Å². The van der Waals surface area contributed by atoms with Crippen molar-refractivity contribution in [3.05, 3.63) is 18.2 Å². The second kappa shape index (κ2) is 2.68. The molecule has 0 aliphatic carbocycles. The molecule has 0 atom stereocenters. The molecular weight excluding hydrogens is 133 g/mol. The lowest BCUT2D eigenvalue weighted by atomic mass is 10.2. The maximum atomic E-state index is 12.2. The standard InChI is InChI=1S/C6H7FN3/c1-4(2)5-8-3-9-6(7)10-5/h4H,1-2H3. The van der Waals surface area contributed by atoms with E-state index in [4.69, 9.17) is 0 Å². The number of halogens is 1. The summed E-state index contributed by atoms with van der Waals surface area (Å²) < 4.78 is 12.2. The van der Waals surface area contributed by atoms with Gasteiger partial charge in [-0.1, -0.05) is 13.8 Å². The number of hydrogen-bond donors (Lipinski definition) is 0. The summed E-state index contributed by atoms with van der Waals surface area (Å²) in [4.78, 5) is 10.2. The first-order chi connectivity index (χ1) is 4.70. The van der Waals surface area contributed by atoms with Gasteiger partial charge in [-0.25, -0.2) is 4.98 Å². The van der Waals surface area contributed by atoms with E-state index in [2.05, 4.69) is 21.3 Å². The van der Waals surface area contributed by atoms with E-state index >= 15 is 0 Å². The molecule has 0 spiro atoms. The van der Waals surface area contributed by atoms with Gasteiger partial charge in [-0.3, -0.25) is 0 Å².